The SMILES string of the molecule is CCN(CCCO)c1cc(Cl)nc(C)n1. The normalized spacial score (nSPS) is 10.4. The largest absolute Gasteiger partial charge is 0.396 e. The maximum Gasteiger partial charge on any atom is 0.134 e. The second kappa shape index (κ2) is 5.88. The predicted molar refractivity (Wildman–Crippen MR) is 61.4 cm³/mol. The van der Waals surface area contributed by atoms with Gasteiger partial charge in [0, 0.05) is 25.8 Å². The lowest BCUT2D eigenvalue weighted by atomic mass is 10.3. The fourth-order valence-corrected chi connectivity index (χ4v) is 1.59. The van der Waals surface area contributed by atoms with E-state index in [1.807, 2.05) is 13.8 Å². The zero-order valence-corrected chi connectivity index (χ0v) is 9.83. The van der Waals surface area contributed by atoms with Gasteiger partial charge in [0.1, 0.15) is 16.8 Å². The summed E-state index contributed by atoms with van der Waals surface area (Å²) in [6, 6.07) is 1.75. The molecule has 0 saturated heterocycles. The summed E-state index contributed by atoms with van der Waals surface area (Å²) < 4.78 is 0. The summed E-state index contributed by atoms with van der Waals surface area (Å²) in [5.41, 5.74) is 0. The molecule has 0 aliphatic heterocycles. The van der Waals surface area contributed by atoms with Crippen LogP contribution < -0.4 is 4.90 Å². The van der Waals surface area contributed by atoms with Gasteiger partial charge in [-0.1, -0.05) is 11.6 Å². The number of halogens is 1. The molecule has 0 bridgehead atoms. The maximum absolute atomic E-state index is 8.78. The molecule has 84 valence electrons. The smallest absolute Gasteiger partial charge is 0.134 e. The zero-order chi connectivity index (χ0) is 11.3. The van der Waals surface area contributed by atoms with E-state index in [1.54, 1.807) is 6.07 Å². The van der Waals surface area contributed by atoms with Gasteiger partial charge in [-0.3, -0.25) is 0 Å². The lowest BCUT2D eigenvalue weighted by Crippen LogP contribution is -2.25. The monoisotopic (exact) mass is 229 g/mol. The summed E-state index contributed by atoms with van der Waals surface area (Å²) in [7, 11) is 0. The Hall–Kier alpha value is -0.870. The Morgan fingerprint density at radius 1 is 1.47 bits per heavy atom. The van der Waals surface area contributed by atoms with Gasteiger partial charge in [-0.15, -0.1) is 0 Å². The second-order valence-corrected chi connectivity index (χ2v) is 3.64. The average Bonchev–Trinajstić information content (AvgIpc) is 2.17. The molecular formula is C10H16ClN3O. The molecule has 1 heterocycles. The van der Waals surface area contributed by atoms with Crippen LogP contribution in [0.3, 0.4) is 0 Å². The molecule has 0 unspecified atom stereocenters. The molecule has 4 nitrogen and oxygen atoms in total. The third kappa shape index (κ3) is 3.64. The van der Waals surface area contributed by atoms with Crippen LogP contribution >= 0.6 is 11.6 Å². The molecule has 0 aliphatic rings. The van der Waals surface area contributed by atoms with Crippen molar-refractivity contribution >= 4 is 17.4 Å². The molecule has 1 N–H and O–H groups in total. The first-order valence-electron chi connectivity index (χ1n) is 5.04. The summed E-state index contributed by atoms with van der Waals surface area (Å²) in [5.74, 6) is 1.49. The Kier molecular flexibility index (Phi) is 4.78. The Bertz CT molecular complexity index is 299. The van der Waals surface area contributed by atoms with Gasteiger partial charge in [-0.05, 0) is 20.3 Å². The van der Waals surface area contributed by atoms with Crippen LogP contribution in [0.2, 0.25) is 5.15 Å². The van der Waals surface area contributed by atoms with Crippen LogP contribution in [0.4, 0.5) is 5.82 Å². The van der Waals surface area contributed by atoms with Gasteiger partial charge in [-0.25, -0.2) is 9.97 Å². The van der Waals surface area contributed by atoms with E-state index in [1.165, 1.54) is 0 Å². The van der Waals surface area contributed by atoms with Crippen molar-refractivity contribution in [3.8, 4) is 0 Å². The number of aryl methyl sites for hydroxylation is 1. The van der Waals surface area contributed by atoms with Gasteiger partial charge >= 0.3 is 0 Å². The van der Waals surface area contributed by atoms with E-state index < -0.39 is 0 Å². The summed E-state index contributed by atoms with van der Waals surface area (Å²) in [6.45, 7) is 5.67. The molecule has 1 aromatic heterocycles. The number of hydrogen-bond donors (Lipinski definition) is 1. The molecule has 0 saturated carbocycles. The van der Waals surface area contributed by atoms with Crippen LogP contribution in [0, 0.1) is 6.92 Å². The summed E-state index contributed by atoms with van der Waals surface area (Å²) in [4.78, 5) is 10.4. The van der Waals surface area contributed by atoms with E-state index in [0.29, 0.717) is 11.0 Å². The van der Waals surface area contributed by atoms with Crippen LogP contribution in [-0.2, 0) is 0 Å². The van der Waals surface area contributed by atoms with Crippen LogP contribution in [0.25, 0.3) is 0 Å². The lowest BCUT2D eigenvalue weighted by molar-refractivity contribution is 0.289. The Morgan fingerprint density at radius 2 is 2.20 bits per heavy atom. The first-order valence-corrected chi connectivity index (χ1v) is 5.42. The number of nitrogens with zero attached hydrogens (tertiary/aromatic N) is 3. The van der Waals surface area contributed by atoms with Gasteiger partial charge in [-0.2, -0.15) is 0 Å². The first-order chi connectivity index (χ1) is 7.17. The highest BCUT2D eigenvalue weighted by Gasteiger charge is 2.07. The van der Waals surface area contributed by atoms with E-state index >= 15 is 0 Å². The van der Waals surface area contributed by atoms with E-state index in [2.05, 4.69) is 14.9 Å². The minimum Gasteiger partial charge on any atom is -0.396 e. The number of rotatable bonds is 5. The molecule has 1 rings (SSSR count). The summed E-state index contributed by atoms with van der Waals surface area (Å²) in [5, 5.41) is 9.24. The molecule has 15 heavy (non-hydrogen) atoms. The number of aliphatic hydroxyl groups excluding tert-OH is 1. The van der Waals surface area contributed by atoms with Gasteiger partial charge in [0.25, 0.3) is 0 Å². The predicted octanol–water partition coefficient (Wildman–Crippen LogP) is 1.65. The molecule has 0 amide bonds. The van der Waals surface area contributed by atoms with Gasteiger partial charge in [0.2, 0.25) is 0 Å². The molecule has 0 aliphatic carbocycles. The molecule has 0 spiro atoms. The van der Waals surface area contributed by atoms with Crippen molar-refractivity contribution in [2.24, 2.45) is 0 Å². The highest BCUT2D eigenvalue weighted by atomic mass is 35.5. The van der Waals surface area contributed by atoms with Crippen molar-refractivity contribution < 1.29 is 5.11 Å². The molecule has 0 atom stereocenters. The molecule has 0 fully saturated rings. The van der Waals surface area contributed by atoms with Gasteiger partial charge < -0.3 is 10.0 Å². The second-order valence-electron chi connectivity index (χ2n) is 3.25. The van der Waals surface area contributed by atoms with Crippen molar-refractivity contribution in [1.82, 2.24) is 9.97 Å². The number of hydrogen-bond acceptors (Lipinski definition) is 4. The third-order valence-electron chi connectivity index (χ3n) is 2.09. The van der Waals surface area contributed by atoms with Crippen molar-refractivity contribution in [3.63, 3.8) is 0 Å². The Labute approximate surface area is 94.9 Å². The van der Waals surface area contributed by atoms with Crippen molar-refractivity contribution in [3.05, 3.63) is 17.0 Å². The van der Waals surface area contributed by atoms with Crippen LogP contribution in [0.5, 0.6) is 0 Å². The molecular weight excluding hydrogens is 214 g/mol. The third-order valence-corrected chi connectivity index (χ3v) is 2.28. The number of aliphatic hydroxyl groups is 1. The molecule has 5 heteroatoms. The van der Waals surface area contributed by atoms with Crippen molar-refractivity contribution in [2.75, 3.05) is 24.6 Å². The topological polar surface area (TPSA) is 49.2 Å². The van der Waals surface area contributed by atoms with Gasteiger partial charge in [0.05, 0.1) is 0 Å². The van der Waals surface area contributed by atoms with Gasteiger partial charge in [0.15, 0.2) is 0 Å². The minimum absolute atomic E-state index is 0.189. The molecule has 1 aromatic rings. The highest BCUT2D eigenvalue weighted by molar-refractivity contribution is 6.29. The highest BCUT2D eigenvalue weighted by Crippen LogP contribution is 2.15. The number of anilines is 1. The van der Waals surface area contributed by atoms with E-state index in [0.717, 1.165) is 25.3 Å². The van der Waals surface area contributed by atoms with Crippen molar-refractivity contribution in [1.29, 1.82) is 0 Å². The van der Waals surface area contributed by atoms with E-state index in [9.17, 15) is 0 Å². The minimum atomic E-state index is 0.189. The molecule has 0 aromatic carbocycles. The molecule has 0 radical (unpaired) electrons. The lowest BCUT2D eigenvalue weighted by Gasteiger charge is -2.21. The maximum atomic E-state index is 8.78. The Morgan fingerprint density at radius 3 is 2.73 bits per heavy atom. The first kappa shape index (κ1) is 12.2. The van der Waals surface area contributed by atoms with Crippen LogP contribution in [-0.4, -0.2) is 34.8 Å². The average molecular weight is 230 g/mol. The van der Waals surface area contributed by atoms with Crippen LogP contribution in [0.15, 0.2) is 6.07 Å². The standard InChI is InChI=1S/C10H16ClN3O/c1-3-14(5-4-6-15)10-7-9(11)12-8(2)13-10/h7,15H,3-6H2,1-2H3. The fraction of sp³-hybridized carbons (Fsp3) is 0.600. The Balaban J connectivity index is 2.81. The summed E-state index contributed by atoms with van der Waals surface area (Å²) in [6.07, 6.45) is 0.731. The number of aromatic nitrogens is 2. The van der Waals surface area contributed by atoms with Crippen LogP contribution in [0.1, 0.15) is 19.2 Å². The van der Waals surface area contributed by atoms with Crippen molar-refractivity contribution in [2.45, 2.75) is 20.3 Å². The van der Waals surface area contributed by atoms with E-state index in [4.69, 9.17) is 16.7 Å². The quantitative estimate of drug-likeness (QED) is 0.780. The fourth-order valence-electron chi connectivity index (χ4n) is 1.37. The zero-order valence-electron chi connectivity index (χ0n) is 9.07. The van der Waals surface area contributed by atoms with E-state index in [-0.39, 0.29) is 6.61 Å². The summed E-state index contributed by atoms with van der Waals surface area (Å²) >= 11 is 5.86.